The Bertz CT molecular complexity index is 544. The predicted molar refractivity (Wildman–Crippen MR) is 74.1 cm³/mol. The van der Waals surface area contributed by atoms with Gasteiger partial charge in [-0.3, -0.25) is 9.89 Å². The summed E-state index contributed by atoms with van der Waals surface area (Å²) in [6.07, 6.45) is 3.65. The molecule has 1 heterocycles. The molecular formula is C14H19N3O2. The standard InChI is InChI=1S/C14H19N3O2/c1-3-4-12(9-19-2)16-14(18)10-5-6-11-8-15-17-13(11)7-10/h5-8,12H,3-4,9H2,1-2H3,(H,15,17)(H,16,18). The van der Waals surface area contributed by atoms with Crippen LogP contribution in [0.3, 0.4) is 0 Å². The third-order valence-electron chi connectivity index (χ3n) is 3.04. The lowest BCUT2D eigenvalue weighted by Crippen LogP contribution is -2.37. The summed E-state index contributed by atoms with van der Waals surface area (Å²) in [6, 6.07) is 5.56. The maximum absolute atomic E-state index is 12.2. The lowest BCUT2D eigenvalue weighted by Gasteiger charge is -2.17. The fourth-order valence-electron chi connectivity index (χ4n) is 2.09. The number of carbonyl (C=O) groups excluding carboxylic acids is 1. The van der Waals surface area contributed by atoms with Crippen LogP contribution in [-0.4, -0.2) is 35.9 Å². The molecule has 0 saturated carbocycles. The minimum Gasteiger partial charge on any atom is -0.383 e. The molecule has 0 aliphatic rings. The van der Waals surface area contributed by atoms with E-state index in [1.807, 2.05) is 18.2 Å². The molecule has 1 unspecified atom stereocenters. The molecular weight excluding hydrogens is 242 g/mol. The average molecular weight is 261 g/mol. The zero-order chi connectivity index (χ0) is 13.7. The van der Waals surface area contributed by atoms with Crippen LogP contribution >= 0.6 is 0 Å². The first-order chi connectivity index (χ1) is 9.24. The van der Waals surface area contributed by atoms with Crippen LogP contribution in [0.5, 0.6) is 0 Å². The van der Waals surface area contributed by atoms with Crippen LogP contribution in [0.15, 0.2) is 24.4 Å². The maximum Gasteiger partial charge on any atom is 0.251 e. The van der Waals surface area contributed by atoms with Crippen molar-refractivity contribution in [3.8, 4) is 0 Å². The summed E-state index contributed by atoms with van der Waals surface area (Å²) in [5, 5.41) is 10.8. The van der Waals surface area contributed by atoms with Gasteiger partial charge in [-0.05, 0) is 18.6 Å². The summed E-state index contributed by atoms with van der Waals surface area (Å²) < 4.78 is 5.12. The summed E-state index contributed by atoms with van der Waals surface area (Å²) in [6.45, 7) is 2.62. The number of aromatic amines is 1. The minimum absolute atomic E-state index is 0.0555. The van der Waals surface area contributed by atoms with E-state index in [2.05, 4.69) is 22.4 Å². The number of hydrogen-bond donors (Lipinski definition) is 2. The largest absolute Gasteiger partial charge is 0.383 e. The molecule has 0 fully saturated rings. The summed E-state index contributed by atoms with van der Waals surface area (Å²) in [4.78, 5) is 12.2. The lowest BCUT2D eigenvalue weighted by atomic mass is 10.1. The summed E-state index contributed by atoms with van der Waals surface area (Å²) in [5.74, 6) is -0.0769. The Morgan fingerprint density at radius 2 is 2.37 bits per heavy atom. The van der Waals surface area contributed by atoms with Crippen LogP contribution in [-0.2, 0) is 4.74 Å². The van der Waals surface area contributed by atoms with E-state index in [0.717, 1.165) is 23.7 Å². The molecule has 1 amide bonds. The molecule has 19 heavy (non-hydrogen) atoms. The number of rotatable bonds is 6. The molecule has 0 saturated heterocycles. The summed E-state index contributed by atoms with van der Waals surface area (Å²) in [5.41, 5.74) is 1.50. The lowest BCUT2D eigenvalue weighted by molar-refractivity contribution is 0.0891. The van der Waals surface area contributed by atoms with Gasteiger partial charge in [0.15, 0.2) is 0 Å². The van der Waals surface area contributed by atoms with Gasteiger partial charge in [0.1, 0.15) is 0 Å². The third kappa shape index (κ3) is 3.32. The van der Waals surface area contributed by atoms with Crippen molar-refractivity contribution >= 4 is 16.8 Å². The highest BCUT2D eigenvalue weighted by molar-refractivity contribution is 5.97. The summed E-state index contributed by atoms with van der Waals surface area (Å²) in [7, 11) is 1.64. The Labute approximate surface area is 112 Å². The first-order valence-electron chi connectivity index (χ1n) is 6.47. The van der Waals surface area contributed by atoms with Gasteiger partial charge in [-0.2, -0.15) is 5.10 Å². The highest BCUT2D eigenvalue weighted by Crippen LogP contribution is 2.13. The molecule has 2 N–H and O–H groups in total. The topological polar surface area (TPSA) is 67.0 Å². The Kier molecular flexibility index (Phi) is 4.52. The van der Waals surface area contributed by atoms with Gasteiger partial charge < -0.3 is 10.1 Å². The monoisotopic (exact) mass is 261 g/mol. The molecule has 1 aromatic heterocycles. The van der Waals surface area contributed by atoms with Crippen LogP contribution in [0, 0.1) is 0 Å². The molecule has 2 rings (SSSR count). The number of aromatic nitrogens is 2. The zero-order valence-electron chi connectivity index (χ0n) is 11.3. The molecule has 1 aromatic carbocycles. The van der Waals surface area contributed by atoms with Crippen molar-refractivity contribution in [3.63, 3.8) is 0 Å². The van der Waals surface area contributed by atoms with Gasteiger partial charge >= 0.3 is 0 Å². The minimum atomic E-state index is -0.0769. The first kappa shape index (κ1) is 13.5. The number of carbonyl (C=O) groups is 1. The van der Waals surface area contributed by atoms with E-state index >= 15 is 0 Å². The molecule has 5 nitrogen and oxygen atoms in total. The number of hydrogen-bond acceptors (Lipinski definition) is 3. The van der Waals surface area contributed by atoms with Crippen molar-refractivity contribution in [2.24, 2.45) is 0 Å². The number of ether oxygens (including phenoxy) is 1. The molecule has 2 aromatic rings. The highest BCUT2D eigenvalue weighted by Gasteiger charge is 2.13. The molecule has 5 heteroatoms. The van der Waals surface area contributed by atoms with E-state index in [-0.39, 0.29) is 11.9 Å². The Morgan fingerprint density at radius 1 is 1.53 bits per heavy atom. The molecule has 0 spiro atoms. The second-order valence-corrected chi connectivity index (χ2v) is 4.59. The maximum atomic E-state index is 12.2. The van der Waals surface area contributed by atoms with E-state index in [1.165, 1.54) is 0 Å². The molecule has 0 bridgehead atoms. The molecule has 0 aliphatic heterocycles. The van der Waals surface area contributed by atoms with Gasteiger partial charge in [-0.1, -0.05) is 19.4 Å². The Balaban J connectivity index is 2.09. The fourth-order valence-corrected chi connectivity index (χ4v) is 2.09. The molecule has 0 radical (unpaired) electrons. The predicted octanol–water partition coefficient (Wildman–Crippen LogP) is 2.11. The van der Waals surface area contributed by atoms with Gasteiger partial charge in [-0.25, -0.2) is 0 Å². The fraction of sp³-hybridized carbons (Fsp3) is 0.429. The van der Waals surface area contributed by atoms with Crippen molar-refractivity contribution < 1.29 is 9.53 Å². The van der Waals surface area contributed by atoms with E-state index in [9.17, 15) is 4.79 Å². The average Bonchev–Trinajstić information content (AvgIpc) is 2.86. The normalized spacial score (nSPS) is 12.5. The SMILES string of the molecule is CCCC(COC)NC(=O)c1ccc2cn[nH]c2c1. The summed E-state index contributed by atoms with van der Waals surface area (Å²) >= 11 is 0. The van der Waals surface area contributed by atoms with E-state index in [4.69, 9.17) is 4.74 Å². The Morgan fingerprint density at radius 3 is 3.11 bits per heavy atom. The van der Waals surface area contributed by atoms with Crippen LogP contribution in [0.4, 0.5) is 0 Å². The quantitative estimate of drug-likeness (QED) is 0.837. The number of nitrogens with zero attached hydrogens (tertiary/aromatic N) is 1. The number of fused-ring (bicyclic) bond motifs is 1. The van der Waals surface area contributed by atoms with Gasteiger partial charge in [-0.15, -0.1) is 0 Å². The smallest absolute Gasteiger partial charge is 0.251 e. The molecule has 1 atom stereocenters. The number of nitrogens with one attached hydrogen (secondary N) is 2. The van der Waals surface area contributed by atoms with Crippen LogP contribution in [0.25, 0.3) is 10.9 Å². The van der Waals surface area contributed by atoms with Gasteiger partial charge in [0.25, 0.3) is 5.91 Å². The zero-order valence-corrected chi connectivity index (χ0v) is 11.3. The second kappa shape index (κ2) is 6.33. The van der Waals surface area contributed by atoms with Crippen molar-refractivity contribution in [1.29, 1.82) is 0 Å². The van der Waals surface area contributed by atoms with Crippen LogP contribution < -0.4 is 5.32 Å². The van der Waals surface area contributed by atoms with E-state index in [0.29, 0.717) is 12.2 Å². The van der Waals surface area contributed by atoms with Gasteiger partial charge in [0.05, 0.1) is 24.4 Å². The van der Waals surface area contributed by atoms with Gasteiger partial charge in [0.2, 0.25) is 0 Å². The molecule has 0 aliphatic carbocycles. The van der Waals surface area contributed by atoms with Crippen molar-refractivity contribution in [2.75, 3.05) is 13.7 Å². The second-order valence-electron chi connectivity index (χ2n) is 4.59. The van der Waals surface area contributed by atoms with Crippen LogP contribution in [0.1, 0.15) is 30.1 Å². The number of amides is 1. The Hall–Kier alpha value is -1.88. The number of methoxy groups -OCH3 is 1. The first-order valence-corrected chi connectivity index (χ1v) is 6.47. The molecule has 102 valence electrons. The van der Waals surface area contributed by atoms with E-state index in [1.54, 1.807) is 13.3 Å². The van der Waals surface area contributed by atoms with Crippen molar-refractivity contribution in [2.45, 2.75) is 25.8 Å². The highest BCUT2D eigenvalue weighted by atomic mass is 16.5. The number of benzene rings is 1. The van der Waals surface area contributed by atoms with E-state index < -0.39 is 0 Å². The third-order valence-corrected chi connectivity index (χ3v) is 3.04. The van der Waals surface area contributed by atoms with Crippen molar-refractivity contribution in [3.05, 3.63) is 30.0 Å². The van der Waals surface area contributed by atoms with Crippen molar-refractivity contribution in [1.82, 2.24) is 15.5 Å². The van der Waals surface area contributed by atoms with Gasteiger partial charge in [0, 0.05) is 18.1 Å². The number of H-pyrrole nitrogens is 1. The van der Waals surface area contributed by atoms with Crippen LogP contribution in [0.2, 0.25) is 0 Å².